The molecule has 0 saturated heterocycles. The molecule has 0 unspecified atom stereocenters. The average Bonchev–Trinajstić information content (AvgIpc) is 2.99. The smallest absolute Gasteiger partial charge is 0.339 e. The Kier molecular flexibility index (Phi) is 9.32. The number of benzene rings is 4. The third kappa shape index (κ3) is 7.39. The van der Waals surface area contributed by atoms with E-state index in [0.717, 1.165) is 48.5 Å². The first-order chi connectivity index (χ1) is 22.7. The van der Waals surface area contributed by atoms with Crippen molar-refractivity contribution in [2.24, 2.45) is 0 Å². The molecule has 18 nitrogen and oxygen atoms in total. The van der Waals surface area contributed by atoms with Crippen LogP contribution in [0, 0.1) is 0 Å². The molecule has 0 radical (unpaired) electrons. The lowest BCUT2D eigenvalue weighted by Crippen LogP contribution is -2.15. The van der Waals surface area contributed by atoms with Crippen LogP contribution in [0.5, 0.6) is 23.0 Å². The van der Waals surface area contributed by atoms with E-state index in [1.54, 1.807) is 0 Å². The zero-order valence-corrected chi connectivity index (χ0v) is 25.8. The van der Waals surface area contributed by atoms with E-state index in [9.17, 15) is 76.9 Å². The first-order valence-corrected chi connectivity index (χ1v) is 16.0. The fourth-order valence-corrected chi connectivity index (χ4v) is 6.59. The summed E-state index contributed by atoms with van der Waals surface area (Å²) in [6, 6.07) is 8.09. The van der Waals surface area contributed by atoms with Crippen LogP contribution in [0.1, 0.15) is 52.6 Å². The standard InChI is InChI=1S/C29H22N2O16S2/c32-22-3-1-14(10-16(22)26(36)37)48(44,45)30-20-8-12(6-18(24(20)34)28(40)41)5-13-7-19(29(42)43)25(35)21(9-13)31-49(46,47)15-2-4-23(33)17(11-15)27(38)39/h1-4,6-11,30-35H,5H2,(H,36,37)(H,38,39)(H,40,41)(H,42,43). The highest BCUT2D eigenvalue weighted by molar-refractivity contribution is 7.93. The number of phenols is 4. The molecule has 49 heavy (non-hydrogen) atoms. The summed E-state index contributed by atoms with van der Waals surface area (Å²) < 4.78 is 56.1. The van der Waals surface area contributed by atoms with Gasteiger partial charge in [0.15, 0.2) is 11.5 Å². The molecule has 0 saturated carbocycles. The zero-order chi connectivity index (χ0) is 36.6. The molecule has 4 aromatic rings. The summed E-state index contributed by atoms with van der Waals surface area (Å²) in [6.45, 7) is 0. The fraction of sp³-hybridized carbons (Fsp3) is 0.0345. The maximum atomic E-state index is 13.1. The highest BCUT2D eigenvalue weighted by Crippen LogP contribution is 2.36. The number of carboxylic acids is 4. The van der Waals surface area contributed by atoms with E-state index in [-0.39, 0.29) is 11.1 Å². The van der Waals surface area contributed by atoms with Gasteiger partial charge in [-0.05, 0) is 78.2 Å². The number of nitrogens with one attached hydrogen (secondary N) is 2. The summed E-state index contributed by atoms with van der Waals surface area (Å²) in [7, 11) is -9.49. The van der Waals surface area contributed by atoms with Gasteiger partial charge in [0.25, 0.3) is 20.0 Å². The molecule has 0 atom stereocenters. The molecule has 4 rings (SSSR count). The monoisotopic (exact) mass is 718 g/mol. The van der Waals surface area contributed by atoms with Crippen LogP contribution in [-0.2, 0) is 26.5 Å². The fourth-order valence-electron chi connectivity index (χ4n) is 4.42. The largest absolute Gasteiger partial charge is 0.507 e. The lowest BCUT2D eigenvalue weighted by atomic mass is 9.98. The van der Waals surface area contributed by atoms with Crippen LogP contribution in [0.4, 0.5) is 11.4 Å². The van der Waals surface area contributed by atoms with Gasteiger partial charge in [-0.3, -0.25) is 9.44 Å². The summed E-state index contributed by atoms with van der Waals surface area (Å²) in [4.78, 5) is 45.2. The third-order valence-corrected chi connectivity index (χ3v) is 9.44. The van der Waals surface area contributed by atoms with Crippen molar-refractivity contribution >= 4 is 55.3 Å². The summed E-state index contributed by atoms with van der Waals surface area (Å²) in [5.41, 5.74) is -4.91. The minimum atomic E-state index is -4.75. The van der Waals surface area contributed by atoms with E-state index in [0.29, 0.717) is 12.1 Å². The molecule has 20 heteroatoms. The van der Waals surface area contributed by atoms with Gasteiger partial charge in [0.2, 0.25) is 0 Å². The molecule has 0 aliphatic heterocycles. The predicted octanol–water partition coefficient (Wildman–Crippen LogP) is 2.49. The van der Waals surface area contributed by atoms with Crippen LogP contribution in [-0.4, -0.2) is 81.6 Å². The van der Waals surface area contributed by atoms with Crippen molar-refractivity contribution < 1.29 is 76.9 Å². The van der Waals surface area contributed by atoms with Crippen molar-refractivity contribution in [3.05, 3.63) is 94.0 Å². The lowest BCUT2D eigenvalue weighted by molar-refractivity contribution is 0.0682. The van der Waals surface area contributed by atoms with Crippen LogP contribution in [0.25, 0.3) is 0 Å². The molecule has 4 aromatic carbocycles. The Morgan fingerprint density at radius 2 is 0.816 bits per heavy atom. The van der Waals surface area contributed by atoms with Crippen LogP contribution in [0.15, 0.2) is 70.5 Å². The first-order valence-electron chi connectivity index (χ1n) is 13.1. The lowest BCUT2D eigenvalue weighted by Gasteiger charge is -2.16. The van der Waals surface area contributed by atoms with Gasteiger partial charge in [0, 0.05) is 0 Å². The second kappa shape index (κ2) is 12.9. The van der Waals surface area contributed by atoms with E-state index in [2.05, 4.69) is 0 Å². The van der Waals surface area contributed by atoms with Crippen molar-refractivity contribution in [3.63, 3.8) is 0 Å². The van der Waals surface area contributed by atoms with Crippen LogP contribution in [0.3, 0.4) is 0 Å². The number of aromatic hydroxyl groups is 4. The highest BCUT2D eigenvalue weighted by atomic mass is 32.2. The first kappa shape index (κ1) is 35.3. The Morgan fingerprint density at radius 1 is 0.490 bits per heavy atom. The average molecular weight is 719 g/mol. The Balaban J connectivity index is 1.78. The number of aromatic carboxylic acids is 4. The van der Waals surface area contributed by atoms with Crippen molar-refractivity contribution in [2.75, 3.05) is 9.44 Å². The summed E-state index contributed by atoms with van der Waals surface area (Å²) in [6.07, 6.45) is -0.477. The summed E-state index contributed by atoms with van der Waals surface area (Å²) >= 11 is 0. The number of anilines is 2. The van der Waals surface area contributed by atoms with Gasteiger partial charge in [0.05, 0.1) is 21.2 Å². The van der Waals surface area contributed by atoms with E-state index < -0.39 is 117 Å². The van der Waals surface area contributed by atoms with Crippen LogP contribution >= 0.6 is 0 Å². The molecular weight excluding hydrogens is 696 g/mol. The molecule has 0 heterocycles. The minimum absolute atomic E-state index is 0.106. The maximum absolute atomic E-state index is 13.1. The number of hydrogen-bond acceptors (Lipinski definition) is 12. The molecule has 0 bridgehead atoms. The van der Waals surface area contributed by atoms with Gasteiger partial charge in [0.1, 0.15) is 33.8 Å². The third-order valence-electron chi connectivity index (χ3n) is 6.71. The molecule has 256 valence electrons. The van der Waals surface area contributed by atoms with Gasteiger partial charge < -0.3 is 40.9 Å². The summed E-state index contributed by atoms with van der Waals surface area (Å²) in [5.74, 6) is -10.5. The molecule has 0 aliphatic rings. The number of hydrogen-bond donors (Lipinski definition) is 10. The molecule has 0 amide bonds. The highest BCUT2D eigenvalue weighted by Gasteiger charge is 2.26. The molecule has 0 fully saturated rings. The Morgan fingerprint density at radius 3 is 1.12 bits per heavy atom. The number of sulfonamides is 2. The van der Waals surface area contributed by atoms with Gasteiger partial charge in [-0.25, -0.2) is 36.0 Å². The summed E-state index contributed by atoms with van der Waals surface area (Å²) in [5, 5.41) is 78.3. The Labute approximate surface area is 274 Å². The van der Waals surface area contributed by atoms with E-state index in [4.69, 9.17) is 0 Å². The molecule has 0 aromatic heterocycles. The molecule has 10 N–H and O–H groups in total. The van der Waals surface area contributed by atoms with Crippen LogP contribution in [0.2, 0.25) is 0 Å². The number of carboxylic acid groups (broad SMARTS) is 4. The van der Waals surface area contributed by atoms with Crippen LogP contribution < -0.4 is 9.44 Å². The molecule has 0 aliphatic carbocycles. The normalized spacial score (nSPS) is 11.4. The van der Waals surface area contributed by atoms with Crippen molar-refractivity contribution in [1.29, 1.82) is 0 Å². The molecular formula is C29H22N2O16S2. The minimum Gasteiger partial charge on any atom is -0.507 e. The van der Waals surface area contributed by atoms with Gasteiger partial charge in [-0.1, -0.05) is 0 Å². The quantitative estimate of drug-likeness (QED) is 0.0940. The topological polar surface area (TPSA) is 322 Å². The van der Waals surface area contributed by atoms with Crippen molar-refractivity contribution in [3.8, 4) is 23.0 Å². The second-order valence-corrected chi connectivity index (χ2v) is 13.4. The zero-order valence-electron chi connectivity index (χ0n) is 24.1. The van der Waals surface area contributed by atoms with E-state index in [1.807, 2.05) is 9.44 Å². The van der Waals surface area contributed by atoms with Gasteiger partial charge >= 0.3 is 23.9 Å². The SMILES string of the molecule is O=C(O)c1cc(S(=O)(=O)Nc2cc(Cc3cc(NS(=O)(=O)c4ccc(O)c(C(=O)O)c4)c(O)c(C(=O)O)c3)cc(C(=O)O)c2O)ccc1O. The maximum Gasteiger partial charge on any atom is 0.339 e. The Bertz CT molecular complexity index is 2140. The number of carbonyl (C=O) groups is 4. The van der Waals surface area contributed by atoms with E-state index in [1.165, 1.54) is 0 Å². The predicted molar refractivity (Wildman–Crippen MR) is 165 cm³/mol. The Hall–Kier alpha value is -6.54. The molecule has 0 spiro atoms. The number of rotatable bonds is 12. The second-order valence-electron chi connectivity index (χ2n) is 10.0. The van der Waals surface area contributed by atoms with Crippen molar-refractivity contribution in [2.45, 2.75) is 16.2 Å². The van der Waals surface area contributed by atoms with Gasteiger partial charge in [-0.15, -0.1) is 0 Å². The van der Waals surface area contributed by atoms with Gasteiger partial charge in [-0.2, -0.15) is 0 Å². The van der Waals surface area contributed by atoms with Crippen molar-refractivity contribution in [1.82, 2.24) is 0 Å². The van der Waals surface area contributed by atoms with E-state index >= 15 is 0 Å².